The molecular weight excluding hydrogens is 176 g/mol. The first-order chi connectivity index (χ1) is 5.72. The van der Waals surface area contributed by atoms with E-state index >= 15 is 0 Å². The molecule has 0 spiro atoms. The Morgan fingerprint density at radius 2 is 2.17 bits per heavy atom. The zero-order valence-electron chi connectivity index (χ0n) is 7.03. The van der Waals surface area contributed by atoms with Crippen LogP contribution in [0.4, 0.5) is 0 Å². The molecule has 0 bridgehead atoms. The average Bonchev–Trinajstić information content (AvgIpc) is 2.10. The lowest BCUT2D eigenvalue weighted by Crippen LogP contribution is -2.34. The molecule has 72 valence electrons. The lowest BCUT2D eigenvalue weighted by molar-refractivity contribution is -0.144. The van der Waals surface area contributed by atoms with Crippen molar-refractivity contribution in [1.29, 1.82) is 0 Å². The highest BCUT2D eigenvalue weighted by Gasteiger charge is 2.11. The molecule has 1 atom stereocenters. The summed E-state index contributed by atoms with van der Waals surface area (Å²) in [4.78, 5) is 10.9. The number of ether oxygens (including phenoxy) is 1. The Morgan fingerprint density at radius 3 is 2.67 bits per heavy atom. The molecule has 0 aromatic rings. The lowest BCUT2D eigenvalue weighted by Gasteiger charge is -2.07. The summed E-state index contributed by atoms with van der Waals surface area (Å²) >= 11 is 3.87. The van der Waals surface area contributed by atoms with E-state index < -0.39 is 6.04 Å². The third-order valence-corrected chi connectivity index (χ3v) is 1.74. The van der Waals surface area contributed by atoms with Gasteiger partial charge in [0.15, 0.2) is 0 Å². The molecule has 0 fully saturated rings. The number of esters is 1. The Morgan fingerprint density at radius 1 is 1.50 bits per heavy atom. The van der Waals surface area contributed by atoms with Crippen LogP contribution >= 0.6 is 12.6 Å². The van der Waals surface area contributed by atoms with Crippen LogP contribution in [-0.4, -0.2) is 30.9 Å². The normalized spacial score (nSPS) is 12.6. The number of hydrogen-bond donors (Lipinski definition) is 3. The monoisotopic (exact) mass is 192 g/mol. The third kappa shape index (κ3) is 5.40. The Hall–Kier alpha value is -0.260. The maximum Gasteiger partial charge on any atom is 0.323 e. The Bertz CT molecular complexity index is 133. The van der Waals surface area contributed by atoms with E-state index in [2.05, 4.69) is 12.6 Å². The van der Waals surface area contributed by atoms with Gasteiger partial charge in [-0.25, -0.2) is 0 Å². The van der Waals surface area contributed by atoms with Gasteiger partial charge in [-0.3, -0.25) is 4.79 Å². The molecule has 12 heavy (non-hydrogen) atoms. The molecule has 0 radical (unpaired) electrons. The summed E-state index contributed by atoms with van der Waals surface area (Å²) in [5.41, 5.74) is 10.6. The van der Waals surface area contributed by atoms with Gasteiger partial charge in [0.2, 0.25) is 0 Å². The van der Waals surface area contributed by atoms with Crippen molar-refractivity contribution in [3.8, 4) is 0 Å². The van der Waals surface area contributed by atoms with Gasteiger partial charge < -0.3 is 16.2 Å². The number of carbonyl (C=O) groups is 1. The minimum Gasteiger partial charge on any atom is -0.465 e. The Kier molecular flexibility index (Phi) is 7.23. The van der Waals surface area contributed by atoms with Gasteiger partial charge in [-0.15, -0.1) is 0 Å². The maximum absolute atomic E-state index is 10.9. The molecule has 0 aliphatic carbocycles. The van der Waals surface area contributed by atoms with E-state index in [0.717, 1.165) is 12.8 Å². The fraction of sp³-hybridized carbons (Fsp3) is 0.857. The molecule has 0 aliphatic rings. The van der Waals surface area contributed by atoms with Gasteiger partial charge in [-0.05, 0) is 19.4 Å². The Balaban J connectivity index is 3.31. The van der Waals surface area contributed by atoms with Crippen LogP contribution in [0.5, 0.6) is 0 Å². The van der Waals surface area contributed by atoms with E-state index in [1.54, 1.807) is 0 Å². The van der Waals surface area contributed by atoms with Crippen LogP contribution in [0, 0.1) is 0 Å². The van der Waals surface area contributed by atoms with Crippen molar-refractivity contribution in [3.05, 3.63) is 0 Å². The van der Waals surface area contributed by atoms with Crippen LogP contribution in [0.25, 0.3) is 0 Å². The third-order valence-electron chi connectivity index (χ3n) is 1.34. The molecular formula is C7H16N2O2S. The van der Waals surface area contributed by atoms with E-state index in [1.807, 2.05) is 0 Å². The lowest BCUT2D eigenvalue weighted by atomic mass is 10.3. The first-order valence-electron chi connectivity index (χ1n) is 3.95. The quantitative estimate of drug-likeness (QED) is 0.302. The van der Waals surface area contributed by atoms with E-state index in [4.69, 9.17) is 16.2 Å². The fourth-order valence-electron chi connectivity index (χ4n) is 0.601. The fourth-order valence-corrected chi connectivity index (χ4v) is 0.750. The molecule has 0 unspecified atom stereocenters. The summed E-state index contributed by atoms with van der Waals surface area (Å²) < 4.78 is 4.83. The zero-order chi connectivity index (χ0) is 9.40. The summed E-state index contributed by atoms with van der Waals surface area (Å²) in [6.45, 7) is 1.02. The summed E-state index contributed by atoms with van der Waals surface area (Å²) in [5.74, 6) is -0.0718. The van der Waals surface area contributed by atoms with Crippen LogP contribution in [0.15, 0.2) is 0 Å². The van der Waals surface area contributed by atoms with Crippen LogP contribution in [0.1, 0.15) is 12.8 Å². The largest absolute Gasteiger partial charge is 0.465 e. The molecule has 0 saturated heterocycles. The number of thiol groups is 1. The molecule has 0 rings (SSSR count). The molecule has 0 aromatic heterocycles. The van der Waals surface area contributed by atoms with Crippen LogP contribution in [-0.2, 0) is 9.53 Å². The minimum absolute atomic E-state index is 0.315. The summed E-state index contributed by atoms with van der Waals surface area (Å²) in [7, 11) is 0. The van der Waals surface area contributed by atoms with Crippen molar-refractivity contribution in [3.63, 3.8) is 0 Å². The minimum atomic E-state index is -0.605. The van der Waals surface area contributed by atoms with Crippen LogP contribution in [0.3, 0.4) is 0 Å². The van der Waals surface area contributed by atoms with Crippen molar-refractivity contribution in [2.75, 3.05) is 18.9 Å². The molecule has 5 heteroatoms. The summed E-state index contributed by atoms with van der Waals surface area (Å²) in [5, 5.41) is 0. The van der Waals surface area contributed by atoms with Gasteiger partial charge in [0.1, 0.15) is 6.04 Å². The first-order valence-corrected chi connectivity index (χ1v) is 4.58. The van der Waals surface area contributed by atoms with Gasteiger partial charge in [0.25, 0.3) is 0 Å². The van der Waals surface area contributed by atoms with Crippen molar-refractivity contribution >= 4 is 18.6 Å². The van der Waals surface area contributed by atoms with E-state index in [-0.39, 0.29) is 5.97 Å². The number of nitrogens with two attached hydrogens (primary N) is 2. The second kappa shape index (κ2) is 7.39. The summed E-state index contributed by atoms with van der Waals surface area (Å²) in [6, 6.07) is -0.605. The first kappa shape index (κ1) is 11.7. The van der Waals surface area contributed by atoms with Gasteiger partial charge in [0, 0.05) is 5.75 Å². The number of carbonyl (C=O) groups excluding carboxylic acids is 1. The summed E-state index contributed by atoms with van der Waals surface area (Å²) in [6.07, 6.45) is 1.66. The molecule has 4 N–H and O–H groups in total. The number of hydrogen-bond acceptors (Lipinski definition) is 5. The van der Waals surface area contributed by atoms with E-state index in [9.17, 15) is 4.79 Å². The second-order valence-corrected chi connectivity index (χ2v) is 2.82. The van der Waals surface area contributed by atoms with E-state index in [0.29, 0.717) is 18.9 Å². The van der Waals surface area contributed by atoms with Crippen molar-refractivity contribution in [2.45, 2.75) is 18.9 Å². The van der Waals surface area contributed by atoms with Crippen molar-refractivity contribution in [2.24, 2.45) is 11.5 Å². The van der Waals surface area contributed by atoms with Gasteiger partial charge in [-0.1, -0.05) is 0 Å². The van der Waals surface area contributed by atoms with Crippen LogP contribution in [0.2, 0.25) is 0 Å². The van der Waals surface area contributed by atoms with Crippen LogP contribution < -0.4 is 11.5 Å². The molecule has 0 aliphatic heterocycles. The molecule has 0 amide bonds. The standard InChI is InChI=1S/C7H16N2O2S/c8-3-1-2-4-11-7(10)6(9)5-12/h6,12H,1-5,8-9H2/t6-/m0/s1. The van der Waals surface area contributed by atoms with Gasteiger partial charge >= 0.3 is 5.97 Å². The average molecular weight is 192 g/mol. The predicted octanol–water partition coefficient (Wildman–Crippen LogP) is -0.474. The number of unbranched alkanes of at least 4 members (excludes halogenated alkanes) is 1. The molecule has 0 saturated carbocycles. The highest BCUT2D eigenvalue weighted by Crippen LogP contribution is 1.92. The van der Waals surface area contributed by atoms with E-state index in [1.165, 1.54) is 0 Å². The maximum atomic E-state index is 10.9. The van der Waals surface area contributed by atoms with Crippen molar-refractivity contribution in [1.82, 2.24) is 0 Å². The number of rotatable bonds is 6. The van der Waals surface area contributed by atoms with Gasteiger partial charge in [0.05, 0.1) is 6.61 Å². The molecule has 0 heterocycles. The Labute approximate surface area is 78.0 Å². The highest BCUT2D eigenvalue weighted by molar-refractivity contribution is 7.80. The second-order valence-electron chi connectivity index (χ2n) is 2.45. The van der Waals surface area contributed by atoms with Crippen molar-refractivity contribution < 1.29 is 9.53 Å². The molecule has 0 aromatic carbocycles. The zero-order valence-corrected chi connectivity index (χ0v) is 7.93. The smallest absolute Gasteiger partial charge is 0.323 e. The molecule has 4 nitrogen and oxygen atoms in total. The van der Waals surface area contributed by atoms with Gasteiger partial charge in [-0.2, -0.15) is 12.6 Å². The predicted molar refractivity (Wildman–Crippen MR) is 51.1 cm³/mol. The topological polar surface area (TPSA) is 78.3 Å². The SMILES string of the molecule is NCCCCOC(=O)[C@@H](N)CS. The highest BCUT2D eigenvalue weighted by atomic mass is 32.1.